The second-order valence-electron chi connectivity index (χ2n) is 6.24. The van der Waals surface area contributed by atoms with E-state index in [0.29, 0.717) is 0 Å². The van der Waals surface area contributed by atoms with Crippen LogP contribution >= 0.6 is 11.3 Å². The Balaban J connectivity index is 1.84. The summed E-state index contributed by atoms with van der Waals surface area (Å²) in [4.78, 5) is 4.17. The zero-order chi connectivity index (χ0) is 14.7. The summed E-state index contributed by atoms with van der Waals surface area (Å²) in [5.74, 6) is 0.904. The summed E-state index contributed by atoms with van der Waals surface area (Å²) < 4.78 is 1.44. The molecule has 0 saturated carbocycles. The SMILES string of the molecule is CCNCc1sc2ccccc2c1CN1CCC(C)CC1. The molecule has 3 heteroatoms. The van der Waals surface area contributed by atoms with Crippen molar-refractivity contribution in [2.75, 3.05) is 19.6 Å². The van der Waals surface area contributed by atoms with E-state index in [1.54, 1.807) is 5.56 Å². The van der Waals surface area contributed by atoms with Crippen LogP contribution in [0.3, 0.4) is 0 Å². The van der Waals surface area contributed by atoms with E-state index < -0.39 is 0 Å². The van der Waals surface area contributed by atoms with Crippen molar-refractivity contribution in [2.45, 2.75) is 39.8 Å². The van der Waals surface area contributed by atoms with Gasteiger partial charge in [0.1, 0.15) is 0 Å². The highest BCUT2D eigenvalue weighted by Crippen LogP contribution is 2.33. The quantitative estimate of drug-likeness (QED) is 0.888. The van der Waals surface area contributed by atoms with Crippen molar-refractivity contribution in [1.29, 1.82) is 0 Å². The molecule has 1 saturated heterocycles. The molecule has 0 spiro atoms. The number of rotatable bonds is 5. The molecular weight excluding hydrogens is 276 g/mol. The molecule has 0 amide bonds. The maximum absolute atomic E-state index is 3.50. The molecular formula is C18H26N2S. The molecule has 114 valence electrons. The van der Waals surface area contributed by atoms with Gasteiger partial charge in [0.15, 0.2) is 0 Å². The molecule has 1 fully saturated rings. The van der Waals surface area contributed by atoms with Crippen LogP contribution in [-0.4, -0.2) is 24.5 Å². The van der Waals surface area contributed by atoms with Gasteiger partial charge in [-0.25, -0.2) is 0 Å². The molecule has 3 rings (SSSR count). The minimum Gasteiger partial charge on any atom is -0.312 e. The summed E-state index contributed by atoms with van der Waals surface area (Å²) in [7, 11) is 0. The first-order valence-corrected chi connectivity index (χ1v) is 9.02. The summed E-state index contributed by atoms with van der Waals surface area (Å²) in [6.45, 7) is 10.2. The Hall–Kier alpha value is -0.900. The fraction of sp³-hybridized carbons (Fsp3) is 0.556. The van der Waals surface area contributed by atoms with E-state index in [9.17, 15) is 0 Å². The summed E-state index contributed by atoms with van der Waals surface area (Å²) in [5, 5.41) is 4.97. The van der Waals surface area contributed by atoms with Crippen molar-refractivity contribution in [3.8, 4) is 0 Å². The van der Waals surface area contributed by atoms with Crippen LogP contribution in [0.25, 0.3) is 10.1 Å². The van der Waals surface area contributed by atoms with Gasteiger partial charge in [0, 0.05) is 22.7 Å². The smallest absolute Gasteiger partial charge is 0.0349 e. The molecule has 1 aromatic heterocycles. The van der Waals surface area contributed by atoms with Gasteiger partial charge in [-0.1, -0.05) is 32.0 Å². The number of piperidine rings is 1. The Morgan fingerprint density at radius 1 is 1.24 bits per heavy atom. The van der Waals surface area contributed by atoms with Crippen LogP contribution in [0.5, 0.6) is 0 Å². The van der Waals surface area contributed by atoms with Crippen LogP contribution in [0.2, 0.25) is 0 Å². The van der Waals surface area contributed by atoms with E-state index >= 15 is 0 Å². The van der Waals surface area contributed by atoms with Crippen molar-refractivity contribution in [1.82, 2.24) is 10.2 Å². The Kier molecular flexibility index (Phi) is 4.94. The van der Waals surface area contributed by atoms with Gasteiger partial charge in [0.2, 0.25) is 0 Å². The van der Waals surface area contributed by atoms with Crippen LogP contribution in [0.1, 0.15) is 37.1 Å². The van der Waals surface area contributed by atoms with E-state index in [4.69, 9.17) is 0 Å². The van der Waals surface area contributed by atoms with E-state index in [1.165, 1.54) is 40.9 Å². The molecule has 2 nitrogen and oxygen atoms in total. The maximum atomic E-state index is 3.50. The van der Waals surface area contributed by atoms with Gasteiger partial charge in [-0.2, -0.15) is 0 Å². The zero-order valence-electron chi connectivity index (χ0n) is 13.2. The Labute approximate surface area is 132 Å². The van der Waals surface area contributed by atoms with Gasteiger partial charge in [0.25, 0.3) is 0 Å². The number of thiophene rings is 1. The van der Waals surface area contributed by atoms with Crippen molar-refractivity contribution in [3.63, 3.8) is 0 Å². The lowest BCUT2D eigenvalue weighted by molar-refractivity contribution is 0.185. The molecule has 1 aromatic carbocycles. The van der Waals surface area contributed by atoms with E-state index in [1.807, 2.05) is 11.3 Å². The highest BCUT2D eigenvalue weighted by atomic mass is 32.1. The summed E-state index contributed by atoms with van der Waals surface area (Å²) in [6.07, 6.45) is 2.70. The normalized spacial score (nSPS) is 17.6. The zero-order valence-corrected chi connectivity index (χ0v) is 14.0. The third-order valence-corrected chi connectivity index (χ3v) is 5.79. The fourth-order valence-electron chi connectivity index (χ4n) is 3.15. The second-order valence-corrected chi connectivity index (χ2v) is 7.38. The predicted octanol–water partition coefficient (Wildman–Crippen LogP) is 4.24. The Bertz CT molecular complexity index is 582. The first kappa shape index (κ1) is 15.0. The third-order valence-electron chi connectivity index (χ3n) is 4.58. The topological polar surface area (TPSA) is 15.3 Å². The molecule has 0 radical (unpaired) electrons. The number of likely N-dealkylation sites (tertiary alicyclic amines) is 1. The predicted molar refractivity (Wildman–Crippen MR) is 92.9 cm³/mol. The monoisotopic (exact) mass is 302 g/mol. The molecule has 0 aliphatic carbocycles. The van der Waals surface area contributed by atoms with Crippen molar-refractivity contribution < 1.29 is 0 Å². The average molecular weight is 302 g/mol. The first-order valence-electron chi connectivity index (χ1n) is 8.20. The molecule has 2 heterocycles. The molecule has 1 aliphatic rings. The number of nitrogens with zero attached hydrogens (tertiary/aromatic N) is 1. The largest absolute Gasteiger partial charge is 0.312 e. The fourth-order valence-corrected chi connectivity index (χ4v) is 4.33. The molecule has 1 N–H and O–H groups in total. The highest BCUT2D eigenvalue weighted by Gasteiger charge is 2.19. The Morgan fingerprint density at radius 3 is 2.76 bits per heavy atom. The minimum absolute atomic E-state index is 0.904. The van der Waals surface area contributed by atoms with Crippen LogP contribution in [0.4, 0.5) is 0 Å². The summed E-state index contributed by atoms with van der Waals surface area (Å²) in [6, 6.07) is 8.89. The maximum Gasteiger partial charge on any atom is 0.0349 e. The molecule has 0 atom stereocenters. The van der Waals surface area contributed by atoms with Crippen LogP contribution in [0, 0.1) is 5.92 Å². The van der Waals surface area contributed by atoms with Crippen LogP contribution in [0.15, 0.2) is 24.3 Å². The minimum atomic E-state index is 0.904. The van der Waals surface area contributed by atoms with E-state index in [-0.39, 0.29) is 0 Å². The average Bonchev–Trinajstić information content (AvgIpc) is 2.85. The lowest BCUT2D eigenvalue weighted by Gasteiger charge is -2.30. The Morgan fingerprint density at radius 2 is 2.00 bits per heavy atom. The molecule has 21 heavy (non-hydrogen) atoms. The van der Waals surface area contributed by atoms with Gasteiger partial charge >= 0.3 is 0 Å². The lowest BCUT2D eigenvalue weighted by atomic mass is 9.98. The van der Waals surface area contributed by atoms with Gasteiger partial charge in [-0.15, -0.1) is 11.3 Å². The number of hydrogen-bond acceptors (Lipinski definition) is 3. The third kappa shape index (κ3) is 3.47. The van der Waals surface area contributed by atoms with Crippen molar-refractivity contribution in [3.05, 3.63) is 34.7 Å². The number of nitrogens with one attached hydrogen (secondary N) is 1. The summed E-state index contributed by atoms with van der Waals surface area (Å²) >= 11 is 1.96. The molecule has 0 bridgehead atoms. The first-order chi connectivity index (χ1) is 10.3. The van der Waals surface area contributed by atoms with Crippen molar-refractivity contribution in [2.24, 2.45) is 5.92 Å². The van der Waals surface area contributed by atoms with E-state index in [0.717, 1.165) is 25.6 Å². The van der Waals surface area contributed by atoms with Gasteiger partial charge in [-0.05, 0) is 55.4 Å². The van der Waals surface area contributed by atoms with Crippen molar-refractivity contribution >= 4 is 21.4 Å². The van der Waals surface area contributed by atoms with Gasteiger partial charge < -0.3 is 5.32 Å². The van der Waals surface area contributed by atoms with Crippen LogP contribution in [-0.2, 0) is 13.1 Å². The standard InChI is InChI=1S/C18H26N2S/c1-3-19-12-18-16(13-20-10-8-14(2)9-11-20)15-6-4-5-7-17(15)21-18/h4-7,14,19H,3,8-13H2,1-2H3. The molecule has 0 unspecified atom stereocenters. The molecule has 1 aliphatic heterocycles. The lowest BCUT2D eigenvalue weighted by Crippen LogP contribution is -2.32. The molecule has 2 aromatic rings. The van der Waals surface area contributed by atoms with Gasteiger partial charge in [-0.3, -0.25) is 4.90 Å². The van der Waals surface area contributed by atoms with Gasteiger partial charge in [0.05, 0.1) is 0 Å². The van der Waals surface area contributed by atoms with Crippen LogP contribution < -0.4 is 5.32 Å². The number of fused-ring (bicyclic) bond motifs is 1. The second kappa shape index (κ2) is 6.91. The highest BCUT2D eigenvalue weighted by molar-refractivity contribution is 7.19. The summed E-state index contributed by atoms with van der Waals surface area (Å²) in [5.41, 5.74) is 1.56. The van der Waals surface area contributed by atoms with E-state index in [2.05, 4.69) is 48.3 Å². The number of hydrogen-bond donors (Lipinski definition) is 1. The number of benzene rings is 1.